The lowest BCUT2D eigenvalue weighted by atomic mass is 9.81. The second-order valence-corrected chi connectivity index (χ2v) is 10.4. The van der Waals surface area contributed by atoms with E-state index in [2.05, 4.69) is 115 Å². The zero-order chi connectivity index (χ0) is 25.1. The van der Waals surface area contributed by atoms with Gasteiger partial charge in [-0.1, -0.05) is 86.6 Å². The standard InChI is InChI=1S/C34H27N3/c1-34(2)29-20-24(14-18-27(29)28-19-15-25(35)21-30(28)34)22-12-16-26(17-13-22)37-32-11-7-6-10-31(32)36-33(37)23-8-4-3-5-9-23/h3-21H,35H2,1-2H3. The Morgan fingerprint density at radius 3 is 2.05 bits per heavy atom. The Balaban J connectivity index is 1.31. The molecule has 0 radical (unpaired) electrons. The number of fused-ring (bicyclic) bond motifs is 4. The third-order valence-electron chi connectivity index (χ3n) is 7.75. The Hall–Kier alpha value is -4.63. The fraction of sp³-hybridized carbons (Fsp3) is 0.0882. The maximum absolute atomic E-state index is 6.14. The van der Waals surface area contributed by atoms with E-state index < -0.39 is 0 Å². The van der Waals surface area contributed by atoms with E-state index in [0.717, 1.165) is 33.8 Å². The van der Waals surface area contributed by atoms with E-state index in [4.69, 9.17) is 10.7 Å². The normalized spacial score (nSPS) is 13.5. The molecule has 0 saturated carbocycles. The number of hydrogen-bond donors (Lipinski definition) is 1. The topological polar surface area (TPSA) is 43.8 Å². The molecule has 0 spiro atoms. The first kappa shape index (κ1) is 21.6. The quantitative estimate of drug-likeness (QED) is 0.261. The van der Waals surface area contributed by atoms with Crippen molar-refractivity contribution in [1.29, 1.82) is 0 Å². The molecule has 0 unspecified atom stereocenters. The summed E-state index contributed by atoms with van der Waals surface area (Å²) < 4.78 is 2.25. The zero-order valence-corrected chi connectivity index (χ0v) is 20.9. The molecule has 0 saturated heterocycles. The minimum atomic E-state index is -0.0870. The van der Waals surface area contributed by atoms with Gasteiger partial charge in [0, 0.05) is 22.4 Å². The highest BCUT2D eigenvalue weighted by Crippen LogP contribution is 2.50. The van der Waals surface area contributed by atoms with E-state index in [1.165, 1.54) is 33.4 Å². The molecule has 0 fully saturated rings. The molecule has 1 aromatic heterocycles. The SMILES string of the molecule is CC1(C)c2cc(N)ccc2-c2ccc(-c3ccc(-n4c(-c5ccccc5)nc5ccccc54)cc3)cc21. The Bertz CT molecular complexity index is 1790. The first-order valence-electron chi connectivity index (χ1n) is 12.7. The van der Waals surface area contributed by atoms with Gasteiger partial charge in [0.05, 0.1) is 11.0 Å². The molecule has 1 aliphatic rings. The van der Waals surface area contributed by atoms with Crippen molar-refractivity contribution in [2.24, 2.45) is 0 Å². The highest BCUT2D eigenvalue weighted by molar-refractivity contribution is 5.86. The molecule has 1 heterocycles. The van der Waals surface area contributed by atoms with Gasteiger partial charge in [0.2, 0.25) is 0 Å². The lowest BCUT2D eigenvalue weighted by Gasteiger charge is -2.22. The van der Waals surface area contributed by atoms with Crippen molar-refractivity contribution in [3.8, 4) is 39.3 Å². The molecule has 2 N–H and O–H groups in total. The van der Waals surface area contributed by atoms with Crippen LogP contribution in [0.3, 0.4) is 0 Å². The van der Waals surface area contributed by atoms with Crippen LogP contribution >= 0.6 is 0 Å². The van der Waals surface area contributed by atoms with Gasteiger partial charge < -0.3 is 5.73 Å². The monoisotopic (exact) mass is 477 g/mol. The minimum Gasteiger partial charge on any atom is -0.399 e. The molecular weight excluding hydrogens is 450 g/mol. The highest BCUT2D eigenvalue weighted by atomic mass is 15.1. The lowest BCUT2D eigenvalue weighted by Crippen LogP contribution is -2.15. The van der Waals surface area contributed by atoms with Crippen LogP contribution in [0.4, 0.5) is 5.69 Å². The molecule has 7 rings (SSSR count). The van der Waals surface area contributed by atoms with E-state index in [9.17, 15) is 0 Å². The molecule has 0 aliphatic heterocycles. The van der Waals surface area contributed by atoms with Gasteiger partial charge in [0.1, 0.15) is 5.82 Å². The molecule has 1 aliphatic carbocycles. The molecule has 3 nitrogen and oxygen atoms in total. The third kappa shape index (κ3) is 3.31. The van der Waals surface area contributed by atoms with Crippen molar-refractivity contribution in [2.45, 2.75) is 19.3 Å². The summed E-state index contributed by atoms with van der Waals surface area (Å²) in [5.41, 5.74) is 18.8. The number of benzene rings is 5. The van der Waals surface area contributed by atoms with Gasteiger partial charge in [0.25, 0.3) is 0 Å². The summed E-state index contributed by atoms with van der Waals surface area (Å²) in [6.45, 7) is 4.58. The first-order chi connectivity index (χ1) is 18.0. The third-order valence-corrected chi connectivity index (χ3v) is 7.75. The van der Waals surface area contributed by atoms with Gasteiger partial charge in [-0.3, -0.25) is 4.57 Å². The summed E-state index contributed by atoms with van der Waals surface area (Å²) in [6.07, 6.45) is 0. The number of nitrogens with two attached hydrogens (primary N) is 1. The second-order valence-electron chi connectivity index (χ2n) is 10.4. The van der Waals surface area contributed by atoms with Crippen LogP contribution < -0.4 is 5.73 Å². The number of para-hydroxylation sites is 2. The summed E-state index contributed by atoms with van der Waals surface area (Å²) in [5.74, 6) is 0.950. The number of imidazole rings is 1. The maximum atomic E-state index is 6.14. The summed E-state index contributed by atoms with van der Waals surface area (Å²) in [6, 6.07) is 40.7. The fourth-order valence-corrected chi connectivity index (χ4v) is 5.81. The number of nitrogens with zero attached hydrogens (tertiary/aromatic N) is 2. The van der Waals surface area contributed by atoms with E-state index in [-0.39, 0.29) is 5.41 Å². The summed E-state index contributed by atoms with van der Waals surface area (Å²) in [5, 5.41) is 0. The van der Waals surface area contributed by atoms with Crippen molar-refractivity contribution in [3.63, 3.8) is 0 Å². The molecule has 37 heavy (non-hydrogen) atoms. The van der Waals surface area contributed by atoms with Crippen molar-refractivity contribution in [2.75, 3.05) is 5.73 Å². The van der Waals surface area contributed by atoms with Crippen LogP contribution in [0, 0.1) is 0 Å². The van der Waals surface area contributed by atoms with E-state index in [1.807, 2.05) is 18.2 Å². The molecule has 0 amide bonds. The van der Waals surface area contributed by atoms with Gasteiger partial charge in [0.15, 0.2) is 0 Å². The van der Waals surface area contributed by atoms with Gasteiger partial charge in [-0.2, -0.15) is 0 Å². The van der Waals surface area contributed by atoms with E-state index >= 15 is 0 Å². The number of nitrogen functional groups attached to an aromatic ring is 1. The van der Waals surface area contributed by atoms with Crippen molar-refractivity contribution < 1.29 is 0 Å². The van der Waals surface area contributed by atoms with Crippen molar-refractivity contribution in [3.05, 3.63) is 126 Å². The summed E-state index contributed by atoms with van der Waals surface area (Å²) in [7, 11) is 0. The molecule has 0 atom stereocenters. The van der Waals surface area contributed by atoms with Gasteiger partial charge in [-0.05, 0) is 75.8 Å². The van der Waals surface area contributed by atoms with Crippen LogP contribution in [0.25, 0.3) is 50.4 Å². The Kier molecular flexibility index (Phi) is 4.64. The fourth-order valence-electron chi connectivity index (χ4n) is 5.81. The number of hydrogen-bond acceptors (Lipinski definition) is 2. The number of rotatable bonds is 3. The van der Waals surface area contributed by atoms with Crippen molar-refractivity contribution >= 4 is 16.7 Å². The average molecular weight is 478 g/mol. The average Bonchev–Trinajstić information content (AvgIpc) is 3.42. The Morgan fingerprint density at radius 2 is 1.27 bits per heavy atom. The minimum absolute atomic E-state index is 0.0870. The van der Waals surface area contributed by atoms with Crippen LogP contribution in [-0.2, 0) is 5.41 Å². The number of aromatic nitrogens is 2. The molecule has 178 valence electrons. The molecular formula is C34H27N3. The van der Waals surface area contributed by atoms with Gasteiger partial charge in [-0.25, -0.2) is 4.98 Å². The highest BCUT2D eigenvalue weighted by Gasteiger charge is 2.35. The molecule has 3 heteroatoms. The van der Waals surface area contributed by atoms with Crippen LogP contribution in [-0.4, -0.2) is 9.55 Å². The summed E-state index contributed by atoms with van der Waals surface area (Å²) in [4.78, 5) is 4.98. The van der Waals surface area contributed by atoms with Crippen LogP contribution in [0.2, 0.25) is 0 Å². The van der Waals surface area contributed by atoms with Gasteiger partial charge in [-0.15, -0.1) is 0 Å². The van der Waals surface area contributed by atoms with Crippen molar-refractivity contribution in [1.82, 2.24) is 9.55 Å². The maximum Gasteiger partial charge on any atom is 0.145 e. The van der Waals surface area contributed by atoms with Crippen LogP contribution in [0.1, 0.15) is 25.0 Å². The van der Waals surface area contributed by atoms with E-state index in [1.54, 1.807) is 0 Å². The Labute approximate surface area is 216 Å². The van der Waals surface area contributed by atoms with Crippen LogP contribution in [0.5, 0.6) is 0 Å². The Morgan fingerprint density at radius 1 is 0.622 bits per heavy atom. The van der Waals surface area contributed by atoms with Gasteiger partial charge >= 0.3 is 0 Å². The number of anilines is 1. The van der Waals surface area contributed by atoms with Crippen LogP contribution in [0.15, 0.2) is 115 Å². The lowest BCUT2D eigenvalue weighted by molar-refractivity contribution is 0.661. The predicted molar refractivity (Wildman–Crippen MR) is 154 cm³/mol. The predicted octanol–water partition coefficient (Wildman–Crippen LogP) is 8.25. The second kappa shape index (κ2) is 7.94. The molecule has 5 aromatic carbocycles. The molecule has 6 aromatic rings. The van der Waals surface area contributed by atoms with E-state index in [0.29, 0.717) is 0 Å². The zero-order valence-electron chi connectivity index (χ0n) is 20.9. The smallest absolute Gasteiger partial charge is 0.145 e. The summed E-state index contributed by atoms with van der Waals surface area (Å²) >= 11 is 0. The first-order valence-corrected chi connectivity index (χ1v) is 12.7. The largest absolute Gasteiger partial charge is 0.399 e. The molecule has 0 bridgehead atoms.